The van der Waals surface area contributed by atoms with E-state index in [9.17, 15) is 27.6 Å². The van der Waals surface area contributed by atoms with Gasteiger partial charge in [0.1, 0.15) is 12.2 Å². The van der Waals surface area contributed by atoms with Gasteiger partial charge in [0.05, 0.1) is 37.5 Å². The number of anilines is 1. The topological polar surface area (TPSA) is 112 Å². The number of carbonyl (C=O) groups is 3. The van der Waals surface area contributed by atoms with E-state index in [1.807, 2.05) is 0 Å². The van der Waals surface area contributed by atoms with Crippen molar-refractivity contribution in [3.8, 4) is 0 Å². The van der Waals surface area contributed by atoms with E-state index in [0.29, 0.717) is 0 Å². The molecule has 186 valence electrons. The summed E-state index contributed by atoms with van der Waals surface area (Å²) >= 11 is 0. The average molecular weight is 494 g/mol. The molecule has 0 aliphatic carbocycles. The molecule has 0 radical (unpaired) electrons. The highest BCUT2D eigenvalue weighted by molar-refractivity contribution is 5.98. The number of esters is 1. The molecule has 2 fully saturated rings. The van der Waals surface area contributed by atoms with Crippen LogP contribution in [0.4, 0.5) is 23.7 Å². The number of methoxy groups -OCH3 is 1. The van der Waals surface area contributed by atoms with E-state index in [-0.39, 0.29) is 30.0 Å². The first-order chi connectivity index (χ1) is 16.7. The van der Waals surface area contributed by atoms with Crippen molar-refractivity contribution in [3.63, 3.8) is 0 Å². The predicted octanol–water partition coefficient (Wildman–Crippen LogP) is 3.01. The molecule has 0 saturated carbocycles. The van der Waals surface area contributed by atoms with Crippen molar-refractivity contribution in [2.75, 3.05) is 25.6 Å². The minimum atomic E-state index is -4.55. The van der Waals surface area contributed by atoms with Gasteiger partial charge in [0.2, 0.25) is 0 Å². The van der Waals surface area contributed by atoms with Gasteiger partial charge in [-0.25, -0.2) is 9.59 Å². The number of nitrogens with one attached hydrogen (secondary N) is 2. The summed E-state index contributed by atoms with van der Waals surface area (Å²) in [5, 5.41) is 5.05. The summed E-state index contributed by atoms with van der Waals surface area (Å²) in [5.74, 6) is -1.04. The molecule has 0 aromatic heterocycles. The number of rotatable bonds is 5. The zero-order valence-electron chi connectivity index (χ0n) is 18.3. The number of amides is 2. The first-order valence-electron chi connectivity index (χ1n) is 10.5. The maximum atomic E-state index is 12.9. The van der Waals surface area contributed by atoms with Crippen molar-refractivity contribution in [2.24, 2.45) is 0 Å². The van der Waals surface area contributed by atoms with Crippen molar-refractivity contribution < 1.29 is 46.5 Å². The zero-order chi connectivity index (χ0) is 25.2. The van der Waals surface area contributed by atoms with Gasteiger partial charge in [-0.05, 0) is 36.4 Å². The number of carbonyl (C=O) groups excluding carboxylic acids is 3. The Morgan fingerprint density at radius 2 is 1.69 bits per heavy atom. The lowest BCUT2D eigenvalue weighted by Crippen LogP contribution is -2.44. The third kappa shape index (κ3) is 5.54. The maximum absolute atomic E-state index is 12.9. The van der Waals surface area contributed by atoms with E-state index >= 15 is 0 Å². The van der Waals surface area contributed by atoms with Crippen LogP contribution in [0.3, 0.4) is 0 Å². The maximum Gasteiger partial charge on any atom is 0.416 e. The highest BCUT2D eigenvalue weighted by Gasteiger charge is 2.50. The SMILES string of the molecule is COC(=O)c1cccc(C(=O)N[C@@H]2CO[C@@H]3[C@@H]2OC[C@H]3OC(=O)Nc2cccc(C(F)(F)F)c2)c1. The highest BCUT2D eigenvalue weighted by atomic mass is 19.4. The zero-order valence-corrected chi connectivity index (χ0v) is 18.3. The van der Waals surface area contributed by atoms with Gasteiger partial charge in [-0.15, -0.1) is 0 Å². The second-order valence-corrected chi connectivity index (χ2v) is 7.90. The molecule has 2 heterocycles. The highest BCUT2D eigenvalue weighted by Crippen LogP contribution is 2.32. The van der Waals surface area contributed by atoms with Crippen LogP contribution in [0.1, 0.15) is 26.3 Å². The molecule has 0 spiro atoms. The normalized spacial score (nSPS) is 23.3. The van der Waals surface area contributed by atoms with Crippen molar-refractivity contribution in [2.45, 2.75) is 30.5 Å². The number of alkyl halides is 3. The van der Waals surface area contributed by atoms with E-state index in [2.05, 4.69) is 15.4 Å². The molecule has 9 nitrogen and oxygen atoms in total. The monoisotopic (exact) mass is 494 g/mol. The first-order valence-corrected chi connectivity index (χ1v) is 10.5. The fraction of sp³-hybridized carbons (Fsp3) is 0.348. The van der Waals surface area contributed by atoms with Gasteiger partial charge in [0, 0.05) is 11.3 Å². The molecule has 2 aliphatic rings. The number of fused-ring (bicyclic) bond motifs is 1. The number of hydrogen-bond donors (Lipinski definition) is 2. The van der Waals surface area contributed by atoms with Gasteiger partial charge in [-0.2, -0.15) is 13.2 Å². The van der Waals surface area contributed by atoms with Crippen LogP contribution in [0.2, 0.25) is 0 Å². The van der Waals surface area contributed by atoms with E-state index in [1.165, 1.54) is 37.4 Å². The fourth-order valence-corrected chi connectivity index (χ4v) is 3.90. The molecule has 2 saturated heterocycles. The molecule has 12 heteroatoms. The Labute approximate surface area is 197 Å². The van der Waals surface area contributed by atoms with Crippen LogP contribution in [-0.4, -0.2) is 62.6 Å². The summed E-state index contributed by atoms with van der Waals surface area (Å²) in [6.45, 7) is 0.0718. The Hall–Kier alpha value is -3.64. The number of benzene rings is 2. The molecular formula is C23H21F3N2O7. The number of halogens is 3. The van der Waals surface area contributed by atoms with Crippen LogP contribution < -0.4 is 10.6 Å². The van der Waals surface area contributed by atoms with Crippen LogP contribution in [-0.2, 0) is 25.1 Å². The second kappa shape index (κ2) is 9.92. The van der Waals surface area contributed by atoms with E-state index in [4.69, 9.17) is 14.2 Å². The summed E-state index contributed by atoms with van der Waals surface area (Å²) in [7, 11) is 1.24. The lowest BCUT2D eigenvalue weighted by atomic mass is 10.1. The quantitative estimate of drug-likeness (QED) is 0.615. The van der Waals surface area contributed by atoms with Gasteiger partial charge in [0.25, 0.3) is 5.91 Å². The van der Waals surface area contributed by atoms with Crippen LogP contribution in [0, 0.1) is 0 Å². The summed E-state index contributed by atoms with van der Waals surface area (Å²) in [6, 6.07) is 9.61. The van der Waals surface area contributed by atoms with Crippen LogP contribution >= 0.6 is 0 Å². The molecule has 4 atom stereocenters. The van der Waals surface area contributed by atoms with Gasteiger partial charge in [-0.3, -0.25) is 10.1 Å². The number of ether oxygens (including phenoxy) is 4. The molecule has 2 aromatic rings. The van der Waals surface area contributed by atoms with Crippen LogP contribution in [0.15, 0.2) is 48.5 Å². The summed E-state index contributed by atoms with van der Waals surface area (Å²) in [6.07, 6.45) is -7.61. The Bertz CT molecular complexity index is 1120. The third-order valence-corrected chi connectivity index (χ3v) is 5.57. The largest absolute Gasteiger partial charge is 0.465 e. The lowest BCUT2D eigenvalue weighted by molar-refractivity contribution is -0.137. The standard InChI is InChI=1S/C23H21F3N2O7/c1-32-21(30)13-5-2-4-12(8-13)20(29)28-16-10-33-19-17(11-34-18(16)19)35-22(31)27-15-7-3-6-14(9-15)23(24,25)26/h2-9,16-19H,10-11H2,1H3,(H,27,31)(H,28,29)/t16-,17-,18-,19+/m1/s1. The average Bonchev–Trinajstić information content (AvgIpc) is 3.41. The second-order valence-electron chi connectivity index (χ2n) is 7.90. The molecule has 35 heavy (non-hydrogen) atoms. The smallest absolute Gasteiger partial charge is 0.416 e. The van der Waals surface area contributed by atoms with Crippen molar-refractivity contribution >= 4 is 23.7 Å². The first kappa shape index (κ1) is 24.5. The molecule has 2 N–H and O–H groups in total. The molecule has 0 bridgehead atoms. The Morgan fingerprint density at radius 1 is 0.971 bits per heavy atom. The Balaban J connectivity index is 1.33. The van der Waals surface area contributed by atoms with Crippen LogP contribution in [0.25, 0.3) is 0 Å². The lowest BCUT2D eigenvalue weighted by Gasteiger charge is -2.18. The van der Waals surface area contributed by atoms with Crippen molar-refractivity contribution in [1.82, 2.24) is 5.32 Å². The number of hydrogen-bond acceptors (Lipinski definition) is 7. The molecule has 0 unspecified atom stereocenters. The van der Waals surface area contributed by atoms with Gasteiger partial charge >= 0.3 is 18.2 Å². The third-order valence-electron chi connectivity index (χ3n) is 5.57. The Kier molecular flexibility index (Phi) is 6.94. The molecule has 2 aromatic carbocycles. The minimum Gasteiger partial charge on any atom is -0.465 e. The van der Waals surface area contributed by atoms with Gasteiger partial charge in [0.15, 0.2) is 6.10 Å². The summed E-state index contributed by atoms with van der Waals surface area (Å²) in [5.41, 5.74) is -0.526. The molecule has 4 rings (SSSR count). The van der Waals surface area contributed by atoms with Gasteiger partial charge in [-0.1, -0.05) is 12.1 Å². The van der Waals surface area contributed by atoms with E-state index in [1.54, 1.807) is 6.07 Å². The fourth-order valence-electron chi connectivity index (χ4n) is 3.90. The van der Waals surface area contributed by atoms with Crippen molar-refractivity contribution in [1.29, 1.82) is 0 Å². The minimum absolute atomic E-state index is 0.0183. The Morgan fingerprint density at radius 3 is 2.43 bits per heavy atom. The summed E-state index contributed by atoms with van der Waals surface area (Å²) in [4.78, 5) is 36.6. The molecular weight excluding hydrogens is 473 g/mol. The van der Waals surface area contributed by atoms with Crippen molar-refractivity contribution in [3.05, 3.63) is 65.2 Å². The van der Waals surface area contributed by atoms with E-state index < -0.39 is 54.1 Å². The predicted molar refractivity (Wildman–Crippen MR) is 114 cm³/mol. The van der Waals surface area contributed by atoms with Gasteiger partial charge < -0.3 is 24.3 Å². The molecule has 2 amide bonds. The summed E-state index contributed by atoms with van der Waals surface area (Å²) < 4.78 is 59.9. The van der Waals surface area contributed by atoms with E-state index in [0.717, 1.165) is 12.1 Å². The molecule has 2 aliphatic heterocycles. The van der Waals surface area contributed by atoms with Crippen LogP contribution in [0.5, 0.6) is 0 Å².